The highest BCUT2D eigenvalue weighted by atomic mass is 19.5. The van der Waals surface area contributed by atoms with Gasteiger partial charge < -0.3 is 104 Å². The van der Waals surface area contributed by atoms with E-state index >= 15 is 0 Å². The summed E-state index contributed by atoms with van der Waals surface area (Å²) in [7, 11) is -33.9. The first kappa shape index (κ1) is 53.5. The Balaban J connectivity index is -0.0000000985. The normalized spacial score (nSPS) is 11.6. The number of aromatic nitrogens is 2. The molecule has 0 aliphatic carbocycles. The molecule has 0 saturated heterocycles. The second kappa shape index (κ2) is 24.3. The van der Waals surface area contributed by atoms with Gasteiger partial charge in [-0.1, -0.05) is 26.2 Å². The Labute approximate surface area is 228 Å². The molecule has 0 radical (unpaired) electrons. The van der Waals surface area contributed by atoms with Crippen LogP contribution in [0.25, 0.3) is 0 Å². The van der Waals surface area contributed by atoms with Crippen LogP contribution in [0.1, 0.15) is 44.1 Å². The van der Waals surface area contributed by atoms with E-state index in [0.29, 0.717) is 0 Å². The van der Waals surface area contributed by atoms with Crippen LogP contribution < -0.4 is 4.57 Å². The molecule has 0 saturated carbocycles. The maximum absolute atomic E-state index is 9.75. The van der Waals surface area contributed by atoms with E-state index in [9.17, 15) is 104 Å². The molecule has 0 bridgehead atoms. The predicted octanol–water partition coefficient (Wildman–Crippen LogP) is 10.1. The zero-order valence-corrected chi connectivity index (χ0v) is 21.6. The Morgan fingerprint density at radius 2 is 0.721 bits per heavy atom. The summed E-state index contributed by atoms with van der Waals surface area (Å²) in [6.45, 7) is 4.36. The first-order valence-electron chi connectivity index (χ1n) is 10.5. The minimum absolute atomic E-state index is 1.21. The van der Waals surface area contributed by atoms with E-state index in [4.69, 9.17) is 0 Å². The van der Waals surface area contributed by atoms with Crippen molar-refractivity contribution in [2.75, 3.05) is 0 Å². The van der Waals surface area contributed by atoms with Crippen molar-refractivity contribution in [3.63, 3.8) is 0 Å². The SMILES string of the molecule is CCCCCCc1c[nH]c(C)[n+]1C.F[B-](F)(F)F.F[B-](F)(F)F.F[B-](F)(F)F.F[B-](F)(F)F.F[B-](F)(F)F.F[B-](F)(F)F. The molecule has 1 heterocycles. The third kappa shape index (κ3) is 201. The van der Waals surface area contributed by atoms with Gasteiger partial charge in [0, 0.05) is 13.3 Å². The van der Waals surface area contributed by atoms with E-state index in [-0.39, 0.29) is 0 Å². The number of hydrogen-bond acceptors (Lipinski definition) is 0. The monoisotopic (exact) mass is 703 g/mol. The number of unbranched alkanes of at least 4 members (excludes halogenated alkanes) is 3. The molecule has 0 spiro atoms. The minimum atomic E-state index is -6.00. The van der Waals surface area contributed by atoms with E-state index in [1.165, 1.54) is 43.6 Å². The average Bonchev–Trinajstić information content (AvgIpc) is 2.89. The quantitative estimate of drug-likeness (QED) is 0.137. The Morgan fingerprint density at radius 1 is 0.488 bits per heavy atom. The summed E-state index contributed by atoms with van der Waals surface area (Å²) in [4.78, 5) is 3.24. The lowest BCUT2D eigenvalue weighted by molar-refractivity contribution is -0.683. The fourth-order valence-electron chi connectivity index (χ4n) is 1.57. The zero-order valence-electron chi connectivity index (χ0n) is 21.6. The van der Waals surface area contributed by atoms with Crippen LogP contribution in [0.5, 0.6) is 0 Å². The van der Waals surface area contributed by atoms with Gasteiger partial charge in [-0.15, -0.1) is 0 Å². The third-order valence-electron chi connectivity index (χ3n) is 2.67. The second-order valence-electron chi connectivity index (χ2n) is 6.70. The van der Waals surface area contributed by atoms with Gasteiger partial charge in [-0.2, -0.15) is 0 Å². The van der Waals surface area contributed by atoms with Crippen molar-refractivity contribution in [1.29, 1.82) is 0 Å². The molecule has 0 aliphatic heterocycles. The number of nitrogens with zero attached hydrogens (tertiary/aromatic N) is 1. The lowest BCUT2D eigenvalue weighted by atomic mass is 10.1. The summed E-state index contributed by atoms with van der Waals surface area (Å²) in [6.07, 6.45) is 8.70. The van der Waals surface area contributed by atoms with Crippen LogP contribution in [0.15, 0.2) is 6.20 Å². The van der Waals surface area contributed by atoms with Crippen LogP contribution in [0.4, 0.5) is 104 Å². The first-order valence-corrected chi connectivity index (χ1v) is 10.5. The second-order valence-corrected chi connectivity index (χ2v) is 6.70. The molecule has 266 valence electrons. The molecule has 0 aromatic carbocycles. The molecule has 32 heteroatoms. The number of imidazole rings is 1. The summed E-state index contributed by atoms with van der Waals surface area (Å²) in [6, 6.07) is 0. The smallest absolute Gasteiger partial charge is 0.418 e. The van der Waals surface area contributed by atoms with Crippen LogP contribution in [-0.2, 0) is 13.5 Å². The van der Waals surface area contributed by atoms with Gasteiger partial charge >= 0.3 is 43.5 Å². The first-order chi connectivity index (χ1) is 18.3. The molecule has 0 amide bonds. The van der Waals surface area contributed by atoms with Crippen molar-refractivity contribution in [2.45, 2.75) is 46.0 Å². The van der Waals surface area contributed by atoms with Gasteiger partial charge in [0.15, 0.2) is 0 Å². The number of nitrogens with one attached hydrogen (secondary N) is 1. The third-order valence-corrected chi connectivity index (χ3v) is 2.67. The lowest BCUT2D eigenvalue weighted by Gasteiger charge is -1.97. The van der Waals surface area contributed by atoms with Crippen LogP contribution in [0, 0.1) is 6.92 Å². The Kier molecular flexibility index (Phi) is 30.2. The molecule has 1 rings (SSSR count). The summed E-state index contributed by atoms with van der Waals surface area (Å²) in [5, 5.41) is 0. The lowest BCUT2D eigenvalue weighted by Crippen LogP contribution is -2.33. The van der Waals surface area contributed by atoms with E-state index in [0.717, 1.165) is 0 Å². The van der Waals surface area contributed by atoms with Crippen LogP contribution in [-0.4, -0.2) is 48.5 Å². The number of rotatable bonds is 5. The molecule has 0 fully saturated rings. The summed E-state index contributed by atoms with van der Waals surface area (Å²) >= 11 is 0. The number of hydrogen-bond donors (Lipinski definition) is 1. The average molecular weight is 702 g/mol. The van der Waals surface area contributed by atoms with Crippen molar-refractivity contribution < 1.29 is 108 Å². The van der Waals surface area contributed by atoms with Gasteiger partial charge in [0.25, 0.3) is 5.82 Å². The zero-order chi connectivity index (χ0) is 36.7. The Hall–Kier alpha value is -2.08. The van der Waals surface area contributed by atoms with E-state index in [2.05, 4.69) is 36.6 Å². The summed E-state index contributed by atoms with van der Waals surface area (Å²) in [5.74, 6) is 1.24. The summed E-state index contributed by atoms with van der Waals surface area (Å²) < 4.78 is 236. The molecule has 2 nitrogen and oxygen atoms in total. The largest absolute Gasteiger partial charge is 0.673 e. The Morgan fingerprint density at radius 3 is 0.884 bits per heavy atom. The highest BCUT2D eigenvalue weighted by molar-refractivity contribution is 6.51. The standard InChI is InChI=1S/C11H20N2.6BF4/c1-4-5-6-7-8-11-9-12-10(2)13(11)3;6*2-1(3,4)5/h9H,4-8H2,1-3H3;;;;;;/q;6*-1/p+1. The molecule has 0 atom stereocenters. The summed E-state index contributed by atoms with van der Waals surface area (Å²) in [5.41, 5.74) is 1.42. The maximum atomic E-state index is 9.75. The number of halogens is 24. The predicted molar refractivity (Wildman–Crippen MR) is 116 cm³/mol. The van der Waals surface area contributed by atoms with Gasteiger partial charge in [0.2, 0.25) is 0 Å². The van der Waals surface area contributed by atoms with Gasteiger partial charge in [-0.25, -0.2) is 9.55 Å². The highest BCUT2D eigenvalue weighted by Crippen LogP contribution is 2.09. The molecule has 0 aliphatic rings. The molecule has 1 aromatic heterocycles. The van der Waals surface area contributed by atoms with Gasteiger partial charge in [0.05, 0.1) is 7.05 Å². The number of H-pyrrole nitrogens is 1. The topological polar surface area (TPSA) is 19.7 Å². The van der Waals surface area contributed by atoms with E-state index in [1.54, 1.807) is 0 Å². The molecule has 1 aromatic rings. The maximum Gasteiger partial charge on any atom is 0.673 e. The van der Waals surface area contributed by atoms with Crippen molar-refractivity contribution in [2.24, 2.45) is 7.05 Å². The Bertz CT molecular complexity index is 621. The minimum Gasteiger partial charge on any atom is -0.418 e. The van der Waals surface area contributed by atoms with Crippen molar-refractivity contribution in [1.82, 2.24) is 4.98 Å². The van der Waals surface area contributed by atoms with Gasteiger partial charge in [-0.05, 0) is 6.42 Å². The van der Waals surface area contributed by atoms with E-state index in [1.807, 2.05) is 0 Å². The number of aryl methyl sites for hydroxylation is 2. The van der Waals surface area contributed by atoms with Crippen molar-refractivity contribution in [3.05, 3.63) is 17.7 Å². The highest BCUT2D eigenvalue weighted by Gasteiger charge is 2.22. The van der Waals surface area contributed by atoms with E-state index < -0.39 is 43.5 Å². The van der Waals surface area contributed by atoms with Crippen LogP contribution in [0.3, 0.4) is 0 Å². The molecular weight excluding hydrogens is 681 g/mol. The molecule has 0 unspecified atom stereocenters. The fraction of sp³-hybridized carbons (Fsp3) is 0.727. The van der Waals surface area contributed by atoms with Crippen molar-refractivity contribution in [3.8, 4) is 0 Å². The molecule has 1 N–H and O–H groups in total. The molecule has 43 heavy (non-hydrogen) atoms. The van der Waals surface area contributed by atoms with Gasteiger partial charge in [-0.3, -0.25) is 0 Å². The van der Waals surface area contributed by atoms with Crippen LogP contribution >= 0.6 is 0 Å². The van der Waals surface area contributed by atoms with Crippen LogP contribution in [0.2, 0.25) is 0 Å². The van der Waals surface area contributed by atoms with Gasteiger partial charge in [0.1, 0.15) is 11.9 Å². The van der Waals surface area contributed by atoms with Crippen molar-refractivity contribution >= 4 is 43.5 Å². The molecular formula is C11H21B6F24N2-5. The number of aromatic amines is 1. The fourth-order valence-corrected chi connectivity index (χ4v) is 1.57.